The van der Waals surface area contributed by atoms with Crippen LogP contribution in [-0.4, -0.2) is 18.4 Å². The Morgan fingerprint density at radius 1 is 1.22 bits per heavy atom. The molecule has 2 aromatic heterocycles. The average Bonchev–Trinajstić information content (AvgIpc) is 3.05. The molecule has 2 heterocycles. The lowest BCUT2D eigenvalue weighted by Crippen LogP contribution is -2.36. The molecule has 0 spiro atoms. The Labute approximate surface area is 108 Å². The second kappa shape index (κ2) is 6.02. The maximum atomic E-state index is 11.5. The number of hydrogen-bond acceptors (Lipinski definition) is 4. The number of nitrogens with one attached hydrogen (secondary N) is 2. The van der Waals surface area contributed by atoms with Gasteiger partial charge in [0.1, 0.15) is 5.76 Å². The van der Waals surface area contributed by atoms with Crippen LogP contribution in [0.3, 0.4) is 0 Å². The van der Waals surface area contributed by atoms with Crippen molar-refractivity contribution in [1.29, 1.82) is 0 Å². The van der Waals surface area contributed by atoms with Gasteiger partial charge in [0.05, 0.1) is 24.2 Å². The van der Waals surface area contributed by atoms with Crippen molar-refractivity contribution < 1.29 is 14.0 Å². The topological polar surface area (TPSA) is 71.3 Å². The molecule has 0 fully saturated rings. The number of carbonyl (C=O) groups is 2. The fourth-order valence-electron chi connectivity index (χ4n) is 1.32. The Morgan fingerprint density at radius 2 is 2.11 bits per heavy atom. The summed E-state index contributed by atoms with van der Waals surface area (Å²) in [6.45, 7) is 0.276. The summed E-state index contributed by atoms with van der Waals surface area (Å²) in [6.07, 6.45) is 1.54. The minimum atomic E-state index is -0.253. The van der Waals surface area contributed by atoms with Gasteiger partial charge in [-0.05, 0) is 23.6 Å². The normalized spacial score (nSPS) is 10.0. The molecule has 0 aliphatic rings. The van der Waals surface area contributed by atoms with E-state index in [1.807, 2.05) is 5.38 Å². The summed E-state index contributed by atoms with van der Waals surface area (Å²) in [5.74, 6) is 0.183. The lowest BCUT2D eigenvalue weighted by atomic mass is 10.4. The van der Waals surface area contributed by atoms with Crippen molar-refractivity contribution in [3.05, 3.63) is 46.5 Å². The van der Waals surface area contributed by atoms with Gasteiger partial charge < -0.3 is 15.1 Å². The van der Waals surface area contributed by atoms with Crippen LogP contribution in [0.1, 0.15) is 15.4 Å². The summed E-state index contributed by atoms with van der Waals surface area (Å²) in [7, 11) is 0. The third-order valence-corrected chi connectivity index (χ3v) is 3.06. The predicted octanol–water partition coefficient (Wildman–Crippen LogP) is 1.39. The van der Waals surface area contributed by atoms with Gasteiger partial charge in [-0.25, -0.2) is 0 Å². The van der Waals surface area contributed by atoms with Crippen LogP contribution in [0, 0.1) is 0 Å². The van der Waals surface area contributed by atoms with Crippen molar-refractivity contribution in [1.82, 2.24) is 10.6 Å². The van der Waals surface area contributed by atoms with Gasteiger partial charge >= 0.3 is 0 Å². The lowest BCUT2D eigenvalue weighted by molar-refractivity contribution is -0.120. The first-order valence-electron chi connectivity index (χ1n) is 5.36. The Kier molecular flexibility index (Phi) is 4.14. The van der Waals surface area contributed by atoms with Crippen molar-refractivity contribution in [2.24, 2.45) is 0 Å². The van der Waals surface area contributed by atoms with E-state index in [0.717, 1.165) is 0 Å². The van der Waals surface area contributed by atoms with E-state index in [2.05, 4.69) is 10.6 Å². The second-order valence-corrected chi connectivity index (χ2v) is 4.46. The summed E-state index contributed by atoms with van der Waals surface area (Å²) < 4.78 is 5.07. The Balaban J connectivity index is 1.70. The van der Waals surface area contributed by atoms with Crippen molar-refractivity contribution in [2.75, 3.05) is 6.54 Å². The molecule has 0 aromatic carbocycles. The molecule has 0 radical (unpaired) electrons. The number of thiophene rings is 1. The van der Waals surface area contributed by atoms with Gasteiger partial charge in [0.25, 0.3) is 5.91 Å². The van der Waals surface area contributed by atoms with Crippen molar-refractivity contribution >= 4 is 23.2 Å². The summed E-state index contributed by atoms with van der Waals surface area (Å²) >= 11 is 1.34. The van der Waals surface area contributed by atoms with E-state index >= 15 is 0 Å². The van der Waals surface area contributed by atoms with E-state index in [0.29, 0.717) is 17.2 Å². The second-order valence-electron chi connectivity index (χ2n) is 3.52. The molecule has 5 nitrogen and oxygen atoms in total. The van der Waals surface area contributed by atoms with Crippen LogP contribution in [0.25, 0.3) is 0 Å². The summed E-state index contributed by atoms with van der Waals surface area (Å²) in [5, 5.41) is 7.00. The van der Waals surface area contributed by atoms with Crippen molar-refractivity contribution in [3.8, 4) is 0 Å². The van der Waals surface area contributed by atoms with E-state index < -0.39 is 0 Å². The summed E-state index contributed by atoms with van der Waals surface area (Å²) in [4.78, 5) is 23.6. The van der Waals surface area contributed by atoms with Crippen LogP contribution in [0.4, 0.5) is 0 Å². The van der Waals surface area contributed by atoms with Crippen LogP contribution in [0.15, 0.2) is 40.3 Å². The van der Waals surface area contributed by atoms with Gasteiger partial charge in [0.2, 0.25) is 5.91 Å². The molecule has 0 atom stereocenters. The molecule has 0 saturated heterocycles. The first-order valence-corrected chi connectivity index (χ1v) is 6.24. The Morgan fingerprint density at radius 3 is 2.78 bits per heavy atom. The SMILES string of the molecule is O=C(CNC(=O)c1cccs1)NCc1ccco1. The fourth-order valence-corrected chi connectivity index (χ4v) is 1.96. The minimum absolute atomic E-state index is 0.0442. The third-order valence-electron chi connectivity index (χ3n) is 2.19. The Hall–Kier alpha value is -2.08. The van der Waals surface area contributed by atoms with Gasteiger partial charge in [0, 0.05) is 0 Å². The van der Waals surface area contributed by atoms with Crippen LogP contribution in [0.2, 0.25) is 0 Å². The van der Waals surface area contributed by atoms with E-state index in [1.54, 1.807) is 30.5 Å². The first-order chi connectivity index (χ1) is 8.75. The number of rotatable bonds is 5. The maximum absolute atomic E-state index is 11.5. The van der Waals surface area contributed by atoms with Gasteiger partial charge in [-0.3, -0.25) is 9.59 Å². The maximum Gasteiger partial charge on any atom is 0.261 e. The Bertz CT molecular complexity index is 505. The molecule has 18 heavy (non-hydrogen) atoms. The molecular formula is C12H12N2O3S. The van der Waals surface area contributed by atoms with Crippen molar-refractivity contribution in [3.63, 3.8) is 0 Å². The van der Waals surface area contributed by atoms with Crippen LogP contribution in [-0.2, 0) is 11.3 Å². The first kappa shape index (κ1) is 12.4. The molecule has 6 heteroatoms. The molecular weight excluding hydrogens is 252 g/mol. The molecule has 2 amide bonds. The summed E-state index contributed by atoms with van der Waals surface area (Å²) in [6, 6.07) is 7.02. The minimum Gasteiger partial charge on any atom is -0.467 e. The van der Waals surface area contributed by atoms with Gasteiger partial charge in [-0.2, -0.15) is 0 Å². The number of amides is 2. The molecule has 0 aliphatic carbocycles. The monoisotopic (exact) mass is 264 g/mol. The van der Waals surface area contributed by atoms with Crippen LogP contribution < -0.4 is 10.6 Å². The highest BCUT2D eigenvalue weighted by Crippen LogP contribution is 2.07. The highest BCUT2D eigenvalue weighted by Gasteiger charge is 2.08. The quantitative estimate of drug-likeness (QED) is 0.857. The molecule has 94 valence electrons. The van der Waals surface area contributed by atoms with Gasteiger partial charge in [0.15, 0.2) is 0 Å². The molecule has 0 unspecified atom stereocenters. The average molecular weight is 264 g/mol. The highest BCUT2D eigenvalue weighted by atomic mass is 32.1. The number of furan rings is 1. The summed E-state index contributed by atoms with van der Waals surface area (Å²) in [5.41, 5.74) is 0. The van der Waals surface area contributed by atoms with Gasteiger partial charge in [-0.1, -0.05) is 6.07 Å². The zero-order valence-corrected chi connectivity index (χ0v) is 10.3. The third kappa shape index (κ3) is 3.46. The van der Waals surface area contributed by atoms with Gasteiger partial charge in [-0.15, -0.1) is 11.3 Å². The molecule has 0 saturated carbocycles. The molecule has 2 aromatic rings. The number of hydrogen-bond donors (Lipinski definition) is 2. The van der Waals surface area contributed by atoms with E-state index in [4.69, 9.17) is 4.42 Å². The predicted molar refractivity (Wildman–Crippen MR) is 67.2 cm³/mol. The molecule has 0 bridgehead atoms. The van der Waals surface area contributed by atoms with E-state index in [9.17, 15) is 9.59 Å². The lowest BCUT2D eigenvalue weighted by Gasteiger charge is -2.04. The zero-order valence-electron chi connectivity index (χ0n) is 9.51. The molecule has 2 rings (SSSR count). The smallest absolute Gasteiger partial charge is 0.261 e. The van der Waals surface area contributed by atoms with E-state index in [1.165, 1.54) is 11.3 Å². The van der Waals surface area contributed by atoms with Crippen molar-refractivity contribution in [2.45, 2.75) is 6.54 Å². The van der Waals surface area contributed by atoms with E-state index in [-0.39, 0.29) is 18.4 Å². The largest absolute Gasteiger partial charge is 0.467 e. The fraction of sp³-hybridized carbons (Fsp3) is 0.167. The molecule has 2 N–H and O–H groups in total. The zero-order chi connectivity index (χ0) is 12.8. The standard InChI is InChI=1S/C12H12N2O3S/c15-11(13-7-9-3-1-5-17-9)8-14-12(16)10-4-2-6-18-10/h1-6H,7-8H2,(H,13,15)(H,14,16). The molecule has 0 aliphatic heterocycles. The van der Waals surface area contributed by atoms with Crippen LogP contribution >= 0.6 is 11.3 Å². The highest BCUT2D eigenvalue weighted by molar-refractivity contribution is 7.12. The number of carbonyl (C=O) groups excluding carboxylic acids is 2. The van der Waals surface area contributed by atoms with Crippen LogP contribution in [0.5, 0.6) is 0 Å².